The summed E-state index contributed by atoms with van der Waals surface area (Å²) in [6.07, 6.45) is 50.0. The number of allylic oxidation sites excluding steroid dienone is 2. The molecule has 0 bridgehead atoms. The first-order valence-electron chi connectivity index (χ1n) is 25.4. The van der Waals surface area contributed by atoms with E-state index >= 15 is 0 Å². The number of aliphatic hydroxyl groups excluding tert-OH is 2. The molecule has 0 heterocycles. The lowest BCUT2D eigenvalue weighted by Crippen LogP contribution is -2.46. The second-order valence-electron chi connectivity index (χ2n) is 17.6. The molecular weight excluding hydrogens is 707 g/mol. The van der Waals surface area contributed by atoms with Crippen molar-refractivity contribution in [3.8, 4) is 0 Å². The van der Waals surface area contributed by atoms with E-state index < -0.39 is 18.2 Å². The Morgan fingerprint density at radius 3 is 1.32 bits per heavy atom. The highest BCUT2D eigenvalue weighted by atomic mass is 16.5. The van der Waals surface area contributed by atoms with Crippen molar-refractivity contribution in [2.75, 3.05) is 6.61 Å². The molecule has 6 nitrogen and oxygen atoms in total. The van der Waals surface area contributed by atoms with Crippen molar-refractivity contribution >= 4 is 11.9 Å². The Kier molecular flexibility index (Phi) is 44.6. The summed E-state index contributed by atoms with van der Waals surface area (Å²) in [5, 5.41) is 23.7. The van der Waals surface area contributed by atoms with Crippen LogP contribution < -0.4 is 5.32 Å². The molecule has 0 aliphatic carbocycles. The molecule has 0 saturated carbocycles. The van der Waals surface area contributed by atoms with Crippen molar-refractivity contribution in [2.45, 2.75) is 296 Å². The zero-order chi connectivity index (χ0) is 41.7. The Morgan fingerprint density at radius 2 is 0.877 bits per heavy atom. The van der Waals surface area contributed by atoms with Gasteiger partial charge in [0.15, 0.2) is 0 Å². The first kappa shape index (κ1) is 55.6. The number of rotatable bonds is 46. The van der Waals surface area contributed by atoms with Gasteiger partial charge >= 0.3 is 5.97 Å². The van der Waals surface area contributed by atoms with Crippen LogP contribution >= 0.6 is 0 Å². The zero-order valence-electron chi connectivity index (χ0n) is 38.5. The molecule has 0 aliphatic rings. The maximum atomic E-state index is 13.1. The van der Waals surface area contributed by atoms with Crippen molar-refractivity contribution in [3.63, 3.8) is 0 Å². The van der Waals surface area contributed by atoms with Crippen molar-refractivity contribution in [3.05, 3.63) is 12.2 Å². The first-order valence-corrected chi connectivity index (χ1v) is 25.4. The fourth-order valence-corrected chi connectivity index (χ4v) is 7.96. The predicted octanol–water partition coefficient (Wildman–Crippen LogP) is 15.0. The van der Waals surface area contributed by atoms with Gasteiger partial charge < -0.3 is 20.3 Å². The summed E-state index contributed by atoms with van der Waals surface area (Å²) in [4.78, 5) is 26.0. The van der Waals surface area contributed by atoms with Gasteiger partial charge in [0, 0.05) is 6.42 Å². The largest absolute Gasteiger partial charge is 0.462 e. The fraction of sp³-hybridized carbons (Fsp3) is 0.922. The molecule has 0 aromatic heterocycles. The van der Waals surface area contributed by atoms with Crippen LogP contribution in [0.5, 0.6) is 0 Å². The smallest absolute Gasteiger partial charge is 0.306 e. The average Bonchev–Trinajstić information content (AvgIpc) is 3.20. The van der Waals surface area contributed by atoms with Crippen LogP contribution in [0.25, 0.3) is 0 Å². The Balaban J connectivity index is 4.38. The van der Waals surface area contributed by atoms with E-state index in [1.165, 1.54) is 167 Å². The van der Waals surface area contributed by atoms with Gasteiger partial charge in [-0.15, -0.1) is 0 Å². The second kappa shape index (κ2) is 45.7. The van der Waals surface area contributed by atoms with E-state index in [9.17, 15) is 19.8 Å². The maximum absolute atomic E-state index is 13.1. The second-order valence-corrected chi connectivity index (χ2v) is 17.6. The monoisotopic (exact) mass is 806 g/mol. The number of ether oxygens (including phenoxy) is 1. The molecule has 0 rings (SSSR count). The summed E-state index contributed by atoms with van der Waals surface area (Å²) >= 11 is 0. The Bertz CT molecular complexity index is 863. The van der Waals surface area contributed by atoms with Gasteiger partial charge in [0.25, 0.3) is 0 Å². The Morgan fingerprint density at radius 1 is 0.491 bits per heavy atom. The molecule has 338 valence electrons. The van der Waals surface area contributed by atoms with E-state index in [2.05, 4.69) is 38.2 Å². The number of carbonyl (C=O) groups is 2. The minimum absolute atomic E-state index is 0.0726. The summed E-state index contributed by atoms with van der Waals surface area (Å²) in [5.41, 5.74) is 0. The normalized spacial score (nSPS) is 13.3. The lowest BCUT2D eigenvalue weighted by molar-refractivity contribution is -0.151. The first-order chi connectivity index (χ1) is 28.0. The van der Waals surface area contributed by atoms with Gasteiger partial charge in [0.2, 0.25) is 5.91 Å². The molecular formula is C51H99NO5. The average molecular weight is 806 g/mol. The van der Waals surface area contributed by atoms with Gasteiger partial charge in [-0.3, -0.25) is 9.59 Å². The van der Waals surface area contributed by atoms with E-state index in [1.807, 2.05) is 0 Å². The van der Waals surface area contributed by atoms with Crippen LogP contribution in [0, 0.1) is 0 Å². The molecule has 0 aromatic carbocycles. The lowest BCUT2D eigenvalue weighted by atomic mass is 10.0. The summed E-state index contributed by atoms with van der Waals surface area (Å²) in [7, 11) is 0. The summed E-state index contributed by atoms with van der Waals surface area (Å²) in [6, 6.07) is -0.698. The third-order valence-corrected chi connectivity index (χ3v) is 11.8. The number of hydrogen-bond donors (Lipinski definition) is 3. The minimum Gasteiger partial charge on any atom is -0.462 e. The summed E-state index contributed by atoms with van der Waals surface area (Å²) < 4.78 is 5.90. The van der Waals surface area contributed by atoms with Crippen molar-refractivity contribution in [1.82, 2.24) is 5.32 Å². The number of hydrogen-bond acceptors (Lipinski definition) is 5. The van der Waals surface area contributed by atoms with Gasteiger partial charge in [-0.1, -0.05) is 232 Å². The molecule has 3 unspecified atom stereocenters. The van der Waals surface area contributed by atoms with E-state index in [1.54, 1.807) is 0 Å². The van der Waals surface area contributed by atoms with Crippen molar-refractivity contribution in [2.24, 2.45) is 0 Å². The third kappa shape index (κ3) is 41.1. The number of esters is 1. The quantitative estimate of drug-likeness (QED) is 0.0323. The molecule has 57 heavy (non-hydrogen) atoms. The highest BCUT2D eigenvalue weighted by molar-refractivity contribution is 5.77. The summed E-state index contributed by atoms with van der Waals surface area (Å²) in [6.45, 7) is 6.43. The highest BCUT2D eigenvalue weighted by Gasteiger charge is 2.24. The molecule has 3 atom stereocenters. The van der Waals surface area contributed by atoms with Crippen LogP contribution in [0.1, 0.15) is 278 Å². The minimum atomic E-state index is -0.784. The molecule has 0 radical (unpaired) electrons. The van der Waals surface area contributed by atoms with Gasteiger partial charge in [-0.05, 0) is 44.9 Å². The Hall–Kier alpha value is -1.40. The van der Waals surface area contributed by atoms with E-state index in [0.29, 0.717) is 19.3 Å². The third-order valence-electron chi connectivity index (χ3n) is 11.8. The molecule has 0 fully saturated rings. The molecule has 1 amide bonds. The van der Waals surface area contributed by atoms with Gasteiger partial charge in [0.05, 0.1) is 25.2 Å². The van der Waals surface area contributed by atoms with E-state index in [0.717, 1.165) is 64.2 Å². The number of amides is 1. The van der Waals surface area contributed by atoms with Gasteiger partial charge in [-0.2, -0.15) is 0 Å². The lowest BCUT2D eigenvalue weighted by Gasteiger charge is -2.24. The SMILES string of the molecule is CCC/C=C\CCCCCC(CC(=O)NC(CO)C(O)CCCCCCCCCCCCCCCCC)OC(=O)CCCCCCCCCCCCCCCCC. The van der Waals surface area contributed by atoms with Gasteiger partial charge in [0.1, 0.15) is 6.10 Å². The standard InChI is InChI=1S/C51H99NO5/c1-4-7-10-13-16-19-21-23-25-27-29-31-34-37-40-43-49(54)48(46-53)52-50(55)45-47(42-39-36-33-18-15-12-9-6-3)57-51(56)44-41-38-35-32-30-28-26-24-22-20-17-14-11-8-5-2/h12,15,47-49,53-54H,4-11,13-14,16-46H2,1-3H3,(H,52,55)/b15-12-. The Labute approximate surface area is 355 Å². The number of carbonyl (C=O) groups excluding carboxylic acids is 2. The maximum Gasteiger partial charge on any atom is 0.306 e. The van der Waals surface area contributed by atoms with Crippen LogP contribution in [0.4, 0.5) is 0 Å². The van der Waals surface area contributed by atoms with Crippen LogP contribution in [-0.2, 0) is 14.3 Å². The molecule has 3 N–H and O–H groups in total. The molecule has 0 aliphatic heterocycles. The topological polar surface area (TPSA) is 95.9 Å². The van der Waals surface area contributed by atoms with Crippen LogP contribution in [0.15, 0.2) is 12.2 Å². The number of nitrogens with one attached hydrogen (secondary N) is 1. The van der Waals surface area contributed by atoms with Crippen molar-refractivity contribution in [1.29, 1.82) is 0 Å². The molecule has 0 saturated heterocycles. The fourth-order valence-electron chi connectivity index (χ4n) is 7.96. The molecule has 6 heteroatoms. The van der Waals surface area contributed by atoms with Gasteiger partial charge in [-0.25, -0.2) is 0 Å². The zero-order valence-corrected chi connectivity index (χ0v) is 38.5. The molecule has 0 aromatic rings. The summed E-state index contributed by atoms with van der Waals surface area (Å²) in [5.74, 6) is -0.478. The molecule has 0 spiro atoms. The van der Waals surface area contributed by atoms with Crippen LogP contribution in [-0.4, -0.2) is 46.9 Å². The van der Waals surface area contributed by atoms with Crippen LogP contribution in [0.2, 0.25) is 0 Å². The van der Waals surface area contributed by atoms with Crippen LogP contribution in [0.3, 0.4) is 0 Å². The van der Waals surface area contributed by atoms with E-state index in [4.69, 9.17) is 4.74 Å². The van der Waals surface area contributed by atoms with E-state index in [-0.39, 0.29) is 24.9 Å². The number of unbranched alkanes of at least 4 members (excludes halogenated alkanes) is 32. The van der Waals surface area contributed by atoms with Crippen molar-refractivity contribution < 1.29 is 24.5 Å². The predicted molar refractivity (Wildman–Crippen MR) is 246 cm³/mol. The number of aliphatic hydroxyl groups is 2. The highest BCUT2D eigenvalue weighted by Crippen LogP contribution is 2.18.